The van der Waals surface area contributed by atoms with Gasteiger partial charge >= 0.3 is 0 Å². The Morgan fingerprint density at radius 3 is 1.67 bits per heavy atom. The van der Waals surface area contributed by atoms with Crippen LogP contribution in [0.15, 0.2) is 0 Å². The number of hydrogen-bond acceptors (Lipinski definition) is 2. The molecule has 2 nitrogen and oxygen atoms in total. The number of unbranched alkanes of at least 4 members (excludes halogenated alkanes) is 9. The summed E-state index contributed by atoms with van der Waals surface area (Å²) in [5.41, 5.74) is 5.78. The van der Waals surface area contributed by atoms with Crippen LogP contribution in [0.5, 0.6) is 0 Å². The maximum absolute atomic E-state index is 5.67. The summed E-state index contributed by atoms with van der Waals surface area (Å²) >= 11 is 0. The number of nitrogens with two attached hydrogens (primary N) is 1. The van der Waals surface area contributed by atoms with Gasteiger partial charge in [-0.3, -0.25) is 0 Å². The van der Waals surface area contributed by atoms with Crippen LogP contribution >= 0.6 is 0 Å². The second-order valence-corrected chi connectivity index (χ2v) is 6.20. The zero-order valence-corrected chi connectivity index (χ0v) is 13.1. The van der Waals surface area contributed by atoms with Crippen LogP contribution in [0.3, 0.4) is 0 Å². The summed E-state index contributed by atoms with van der Waals surface area (Å²) in [6.45, 7) is 8.44. The first-order valence-electron chi connectivity index (χ1n) is 8.07. The molecule has 0 rings (SSSR count). The molecule has 0 amide bonds. The Balaban J connectivity index is 3.08. The number of hydrogen-bond donors (Lipinski definition) is 2. The zero-order valence-electron chi connectivity index (χ0n) is 13.1. The first kappa shape index (κ1) is 17.9. The lowest BCUT2D eigenvalue weighted by Crippen LogP contribution is -2.46. The molecular formula is C16H36N2. The van der Waals surface area contributed by atoms with E-state index in [2.05, 4.69) is 26.1 Å². The molecule has 0 bridgehead atoms. The lowest BCUT2D eigenvalue weighted by Gasteiger charge is -2.24. The highest BCUT2D eigenvalue weighted by molar-refractivity contribution is 4.77. The Bertz CT molecular complexity index is 166. The van der Waals surface area contributed by atoms with Crippen LogP contribution in [0.25, 0.3) is 0 Å². The second-order valence-electron chi connectivity index (χ2n) is 6.20. The predicted molar refractivity (Wildman–Crippen MR) is 83.0 cm³/mol. The van der Waals surface area contributed by atoms with Gasteiger partial charge in [0.1, 0.15) is 0 Å². The van der Waals surface area contributed by atoms with Gasteiger partial charge in [-0.15, -0.1) is 0 Å². The van der Waals surface area contributed by atoms with Crippen LogP contribution in [0.1, 0.15) is 85.0 Å². The van der Waals surface area contributed by atoms with Gasteiger partial charge in [-0.1, -0.05) is 64.7 Å². The molecule has 0 aromatic carbocycles. The van der Waals surface area contributed by atoms with Crippen LogP contribution in [0.2, 0.25) is 0 Å². The van der Waals surface area contributed by atoms with Crippen molar-refractivity contribution in [2.45, 2.75) is 90.5 Å². The van der Waals surface area contributed by atoms with Gasteiger partial charge in [-0.25, -0.2) is 0 Å². The molecule has 2 heteroatoms. The predicted octanol–water partition coefficient (Wildman–Crippen LogP) is 4.23. The largest absolute Gasteiger partial charge is 0.329 e. The molecule has 18 heavy (non-hydrogen) atoms. The summed E-state index contributed by atoms with van der Waals surface area (Å²) in [6, 6.07) is 0. The highest BCUT2D eigenvalue weighted by Crippen LogP contribution is 2.10. The van der Waals surface area contributed by atoms with Gasteiger partial charge in [-0.2, -0.15) is 0 Å². The number of nitrogens with one attached hydrogen (secondary N) is 1. The molecule has 0 aliphatic carbocycles. The van der Waals surface area contributed by atoms with E-state index in [-0.39, 0.29) is 5.54 Å². The lowest BCUT2D eigenvalue weighted by atomic mass is 10.0. The van der Waals surface area contributed by atoms with Crippen molar-refractivity contribution < 1.29 is 0 Å². The molecule has 0 atom stereocenters. The minimum Gasteiger partial charge on any atom is -0.329 e. The molecule has 0 saturated heterocycles. The molecular weight excluding hydrogens is 220 g/mol. The van der Waals surface area contributed by atoms with Crippen LogP contribution < -0.4 is 11.1 Å². The standard InChI is InChI=1S/C16H36N2/c1-4-5-6-7-8-9-10-11-12-13-14-18-16(2,3)15-17/h18H,4-15,17H2,1-3H3. The van der Waals surface area contributed by atoms with E-state index in [9.17, 15) is 0 Å². The summed E-state index contributed by atoms with van der Waals surface area (Å²) in [6.07, 6.45) is 14.0. The summed E-state index contributed by atoms with van der Waals surface area (Å²) in [7, 11) is 0. The number of rotatable bonds is 13. The van der Waals surface area contributed by atoms with Crippen molar-refractivity contribution in [3.05, 3.63) is 0 Å². The maximum Gasteiger partial charge on any atom is 0.0247 e. The third-order valence-corrected chi connectivity index (χ3v) is 3.64. The minimum absolute atomic E-state index is 0.110. The monoisotopic (exact) mass is 256 g/mol. The van der Waals surface area contributed by atoms with E-state index in [4.69, 9.17) is 5.73 Å². The van der Waals surface area contributed by atoms with Crippen LogP contribution in [0, 0.1) is 0 Å². The topological polar surface area (TPSA) is 38.0 Å². The molecule has 0 saturated carbocycles. The first-order chi connectivity index (χ1) is 8.62. The normalized spacial score (nSPS) is 12.0. The lowest BCUT2D eigenvalue weighted by molar-refractivity contribution is 0.390. The Labute approximate surface area is 115 Å². The summed E-state index contributed by atoms with van der Waals surface area (Å²) in [5, 5.41) is 3.51. The van der Waals surface area contributed by atoms with Crippen LogP contribution in [0.4, 0.5) is 0 Å². The molecule has 0 fully saturated rings. The molecule has 0 unspecified atom stereocenters. The summed E-state index contributed by atoms with van der Waals surface area (Å²) in [5.74, 6) is 0. The highest BCUT2D eigenvalue weighted by Gasteiger charge is 2.12. The van der Waals surface area contributed by atoms with Crippen molar-refractivity contribution in [2.75, 3.05) is 13.1 Å². The van der Waals surface area contributed by atoms with Gasteiger partial charge in [0.25, 0.3) is 0 Å². The van der Waals surface area contributed by atoms with E-state index in [0.29, 0.717) is 6.54 Å². The Hall–Kier alpha value is -0.0800. The van der Waals surface area contributed by atoms with E-state index in [1.54, 1.807) is 0 Å². The molecule has 0 aromatic rings. The second kappa shape index (κ2) is 12.0. The minimum atomic E-state index is 0.110. The first-order valence-corrected chi connectivity index (χ1v) is 8.07. The smallest absolute Gasteiger partial charge is 0.0247 e. The molecule has 0 spiro atoms. The Morgan fingerprint density at radius 1 is 0.778 bits per heavy atom. The van der Waals surface area contributed by atoms with Crippen molar-refractivity contribution in [3.63, 3.8) is 0 Å². The molecule has 3 N–H and O–H groups in total. The average molecular weight is 256 g/mol. The van der Waals surface area contributed by atoms with Crippen molar-refractivity contribution >= 4 is 0 Å². The molecule has 0 aliphatic heterocycles. The molecule has 0 aromatic heterocycles. The summed E-state index contributed by atoms with van der Waals surface area (Å²) < 4.78 is 0. The maximum atomic E-state index is 5.67. The quantitative estimate of drug-likeness (QED) is 0.484. The van der Waals surface area contributed by atoms with Gasteiger partial charge in [0.05, 0.1) is 0 Å². The van der Waals surface area contributed by atoms with Gasteiger partial charge in [0.2, 0.25) is 0 Å². The van der Waals surface area contributed by atoms with Crippen molar-refractivity contribution in [1.82, 2.24) is 5.32 Å². The van der Waals surface area contributed by atoms with Gasteiger partial charge in [0, 0.05) is 12.1 Å². The van der Waals surface area contributed by atoms with Crippen molar-refractivity contribution in [1.29, 1.82) is 0 Å². The third kappa shape index (κ3) is 12.4. The molecule has 110 valence electrons. The fraction of sp³-hybridized carbons (Fsp3) is 1.00. The zero-order chi connectivity index (χ0) is 13.7. The molecule has 0 heterocycles. The molecule has 0 radical (unpaired) electrons. The van der Waals surface area contributed by atoms with E-state index in [1.165, 1.54) is 64.2 Å². The Kier molecular flexibility index (Phi) is 11.9. The fourth-order valence-corrected chi connectivity index (χ4v) is 2.11. The van der Waals surface area contributed by atoms with Gasteiger partial charge in [-0.05, 0) is 26.8 Å². The van der Waals surface area contributed by atoms with Gasteiger partial charge < -0.3 is 11.1 Å². The van der Waals surface area contributed by atoms with E-state index in [1.807, 2.05) is 0 Å². The highest BCUT2D eigenvalue weighted by atomic mass is 15.0. The summed E-state index contributed by atoms with van der Waals surface area (Å²) in [4.78, 5) is 0. The van der Waals surface area contributed by atoms with E-state index < -0.39 is 0 Å². The van der Waals surface area contributed by atoms with E-state index in [0.717, 1.165) is 6.54 Å². The van der Waals surface area contributed by atoms with Crippen molar-refractivity contribution in [3.8, 4) is 0 Å². The van der Waals surface area contributed by atoms with Crippen LogP contribution in [-0.4, -0.2) is 18.6 Å². The average Bonchev–Trinajstić information content (AvgIpc) is 2.36. The van der Waals surface area contributed by atoms with E-state index >= 15 is 0 Å². The Morgan fingerprint density at radius 2 is 1.22 bits per heavy atom. The fourth-order valence-electron chi connectivity index (χ4n) is 2.11. The van der Waals surface area contributed by atoms with Crippen LogP contribution in [-0.2, 0) is 0 Å². The molecule has 0 aliphatic rings. The third-order valence-electron chi connectivity index (χ3n) is 3.64. The van der Waals surface area contributed by atoms with Crippen molar-refractivity contribution in [2.24, 2.45) is 5.73 Å². The SMILES string of the molecule is CCCCCCCCCCCCNC(C)(C)CN. The van der Waals surface area contributed by atoms with Gasteiger partial charge in [0.15, 0.2) is 0 Å².